The molecule has 1 aromatic heterocycles. The summed E-state index contributed by atoms with van der Waals surface area (Å²) in [6.45, 7) is 1.98. The lowest BCUT2D eigenvalue weighted by Crippen LogP contribution is -1.98. The predicted molar refractivity (Wildman–Crippen MR) is 70.9 cm³/mol. The minimum Gasteiger partial charge on any atom is -0.496 e. The number of ether oxygens (including phenoxy) is 2. The zero-order chi connectivity index (χ0) is 13.3. The quantitative estimate of drug-likeness (QED) is 0.901. The van der Waals surface area contributed by atoms with Crippen LogP contribution in [0.1, 0.15) is 5.56 Å². The molecule has 0 unspecified atom stereocenters. The molecule has 18 heavy (non-hydrogen) atoms. The average Bonchev–Trinajstić information content (AvgIpc) is 2.69. The molecule has 0 amide bonds. The topological polar surface area (TPSA) is 62.3 Å². The van der Waals surface area contributed by atoms with Crippen molar-refractivity contribution in [1.82, 2.24) is 9.78 Å². The molecule has 5 heteroatoms. The van der Waals surface area contributed by atoms with Gasteiger partial charge < -0.3 is 15.2 Å². The van der Waals surface area contributed by atoms with Crippen molar-refractivity contribution in [2.24, 2.45) is 7.05 Å². The second kappa shape index (κ2) is 4.60. The van der Waals surface area contributed by atoms with E-state index in [0.717, 1.165) is 28.3 Å². The number of anilines is 1. The molecule has 0 saturated carbocycles. The Morgan fingerprint density at radius 2 is 1.94 bits per heavy atom. The van der Waals surface area contributed by atoms with Crippen molar-refractivity contribution in [2.75, 3.05) is 20.0 Å². The van der Waals surface area contributed by atoms with Crippen LogP contribution in [0.25, 0.3) is 11.3 Å². The first-order chi connectivity index (χ1) is 8.58. The Bertz CT molecular complexity index is 556. The summed E-state index contributed by atoms with van der Waals surface area (Å²) in [6.07, 6.45) is 0. The molecule has 0 fully saturated rings. The molecule has 0 bridgehead atoms. The average molecular weight is 247 g/mol. The summed E-state index contributed by atoms with van der Waals surface area (Å²) in [5, 5.41) is 4.37. The molecule has 2 N–H and O–H groups in total. The Labute approximate surface area is 106 Å². The maximum absolute atomic E-state index is 5.82. The van der Waals surface area contributed by atoms with Crippen molar-refractivity contribution < 1.29 is 9.47 Å². The molecule has 0 aliphatic rings. The number of hydrogen-bond donors (Lipinski definition) is 1. The second-order valence-corrected chi connectivity index (χ2v) is 4.07. The molecule has 96 valence electrons. The van der Waals surface area contributed by atoms with E-state index in [1.807, 2.05) is 19.1 Å². The van der Waals surface area contributed by atoms with Gasteiger partial charge >= 0.3 is 0 Å². The maximum atomic E-state index is 5.82. The molecule has 0 atom stereocenters. The smallest absolute Gasteiger partial charge is 0.134 e. The molecule has 0 radical (unpaired) electrons. The summed E-state index contributed by atoms with van der Waals surface area (Å²) in [5.41, 5.74) is 8.41. The molecule has 0 saturated heterocycles. The first-order valence-corrected chi connectivity index (χ1v) is 5.60. The highest BCUT2D eigenvalue weighted by Gasteiger charge is 2.18. The van der Waals surface area contributed by atoms with Gasteiger partial charge in [0.25, 0.3) is 0 Å². The fraction of sp³-hybridized carbons (Fsp3) is 0.308. The molecular weight excluding hydrogens is 230 g/mol. The first-order valence-electron chi connectivity index (χ1n) is 5.60. The summed E-state index contributed by atoms with van der Waals surface area (Å²) >= 11 is 0. The number of nitrogens with two attached hydrogens (primary N) is 1. The minimum absolute atomic E-state index is 0.593. The van der Waals surface area contributed by atoms with Crippen LogP contribution in [-0.4, -0.2) is 24.0 Å². The summed E-state index contributed by atoms with van der Waals surface area (Å²) in [6, 6.07) is 5.66. The predicted octanol–water partition coefficient (Wildman–Crippen LogP) is 1.99. The lowest BCUT2D eigenvalue weighted by molar-refractivity contribution is 0.395. The van der Waals surface area contributed by atoms with Gasteiger partial charge in [-0.2, -0.15) is 5.10 Å². The van der Waals surface area contributed by atoms with Gasteiger partial charge in [-0.3, -0.25) is 4.68 Å². The number of hydrogen-bond acceptors (Lipinski definition) is 4. The molecule has 2 aromatic rings. The largest absolute Gasteiger partial charge is 0.496 e. The number of nitrogen functional groups attached to an aromatic ring is 1. The molecule has 0 spiro atoms. The van der Waals surface area contributed by atoms with Crippen LogP contribution in [0.5, 0.6) is 11.5 Å². The van der Waals surface area contributed by atoms with Gasteiger partial charge in [0, 0.05) is 13.1 Å². The third-order valence-electron chi connectivity index (χ3n) is 2.91. The fourth-order valence-electron chi connectivity index (χ4n) is 1.95. The van der Waals surface area contributed by atoms with Crippen molar-refractivity contribution in [3.63, 3.8) is 0 Å². The van der Waals surface area contributed by atoms with Crippen LogP contribution in [0.4, 0.5) is 5.82 Å². The Kier molecular flexibility index (Phi) is 3.14. The van der Waals surface area contributed by atoms with Gasteiger partial charge in [0.2, 0.25) is 0 Å². The lowest BCUT2D eigenvalue weighted by Gasteiger charge is -2.13. The van der Waals surface area contributed by atoms with Gasteiger partial charge in [0.05, 0.1) is 19.8 Å². The fourth-order valence-corrected chi connectivity index (χ4v) is 1.95. The first kappa shape index (κ1) is 12.3. The summed E-state index contributed by atoms with van der Waals surface area (Å²) in [5.74, 6) is 2.07. The molecule has 2 rings (SSSR count). The Balaban J connectivity index is 2.71. The van der Waals surface area contributed by atoms with E-state index in [9.17, 15) is 0 Å². The van der Waals surface area contributed by atoms with Crippen molar-refractivity contribution >= 4 is 5.82 Å². The summed E-state index contributed by atoms with van der Waals surface area (Å²) < 4.78 is 12.4. The third-order valence-corrected chi connectivity index (χ3v) is 2.91. The molecule has 5 nitrogen and oxygen atoms in total. The van der Waals surface area contributed by atoms with Crippen LogP contribution in [-0.2, 0) is 7.05 Å². The maximum Gasteiger partial charge on any atom is 0.134 e. The van der Waals surface area contributed by atoms with Crippen LogP contribution in [0, 0.1) is 6.92 Å². The highest BCUT2D eigenvalue weighted by molar-refractivity contribution is 5.77. The van der Waals surface area contributed by atoms with E-state index >= 15 is 0 Å². The van der Waals surface area contributed by atoms with Crippen molar-refractivity contribution in [1.29, 1.82) is 0 Å². The van der Waals surface area contributed by atoms with E-state index in [1.165, 1.54) is 0 Å². The Morgan fingerprint density at radius 1 is 1.22 bits per heavy atom. The number of aromatic nitrogens is 2. The van der Waals surface area contributed by atoms with Gasteiger partial charge in [0.15, 0.2) is 0 Å². The number of benzene rings is 1. The standard InChI is InChI=1S/C13H17N3O2/c1-8-5-6-10(17-3)12(13(8)18-4)9-7-11(14)16(2)15-9/h5-7H,14H2,1-4H3. The molecular formula is C13H17N3O2. The van der Waals surface area contributed by atoms with E-state index in [1.54, 1.807) is 32.0 Å². The minimum atomic E-state index is 0.593. The second-order valence-electron chi connectivity index (χ2n) is 4.07. The van der Waals surface area contributed by atoms with Crippen LogP contribution in [0.2, 0.25) is 0 Å². The van der Waals surface area contributed by atoms with E-state index < -0.39 is 0 Å². The van der Waals surface area contributed by atoms with Crippen molar-refractivity contribution in [3.8, 4) is 22.8 Å². The van der Waals surface area contributed by atoms with Crippen LogP contribution >= 0.6 is 0 Å². The zero-order valence-corrected chi connectivity index (χ0v) is 11.0. The molecule has 1 aromatic carbocycles. The molecule has 0 aliphatic carbocycles. The van der Waals surface area contributed by atoms with Gasteiger partial charge in [-0.15, -0.1) is 0 Å². The Hall–Kier alpha value is -2.17. The van der Waals surface area contributed by atoms with E-state index in [0.29, 0.717) is 5.82 Å². The van der Waals surface area contributed by atoms with Crippen LogP contribution in [0.15, 0.2) is 18.2 Å². The molecule has 0 aliphatic heterocycles. The van der Waals surface area contributed by atoms with E-state index in [2.05, 4.69) is 5.10 Å². The number of nitrogens with zero attached hydrogens (tertiary/aromatic N) is 2. The zero-order valence-electron chi connectivity index (χ0n) is 11.0. The lowest BCUT2D eigenvalue weighted by atomic mass is 10.1. The number of methoxy groups -OCH3 is 2. The van der Waals surface area contributed by atoms with Crippen molar-refractivity contribution in [3.05, 3.63) is 23.8 Å². The normalized spacial score (nSPS) is 10.4. The van der Waals surface area contributed by atoms with Crippen LogP contribution < -0.4 is 15.2 Å². The number of rotatable bonds is 3. The Morgan fingerprint density at radius 3 is 2.44 bits per heavy atom. The van der Waals surface area contributed by atoms with Gasteiger partial charge in [0.1, 0.15) is 23.0 Å². The monoisotopic (exact) mass is 247 g/mol. The molecule has 1 heterocycles. The highest BCUT2D eigenvalue weighted by atomic mass is 16.5. The van der Waals surface area contributed by atoms with E-state index in [-0.39, 0.29) is 0 Å². The number of aryl methyl sites for hydroxylation is 2. The van der Waals surface area contributed by atoms with Gasteiger partial charge in [-0.1, -0.05) is 6.07 Å². The SMILES string of the molecule is COc1ccc(C)c(OC)c1-c1cc(N)n(C)n1. The van der Waals surface area contributed by atoms with E-state index in [4.69, 9.17) is 15.2 Å². The van der Waals surface area contributed by atoms with Crippen molar-refractivity contribution in [2.45, 2.75) is 6.92 Å². The highest BCUT2D eigenvalue weighted by Crippen LogP contribution is 2.40. The van der Waals surface area contributed by atoms with Gasteiger partial charge in [-0.05, 0) is 18.6 Å². The summed E-state index contributed by atoms with van der Waals surface area (Å²) in [4.78, 5) is 0. The van der Waals surface area contributed by atoms with Crippen LogP contribution in [0.3, 0.4) is 0 Å². The van der Waals surface area contributed by atoms with Gasteiger partial charge in [-0.25, -0.2) is 0 Å². The summed E-state index contributed by atoms with van der Waals surface area (Å²) in [7, 11) is 5.06. The third kappa shape index (κ3) is 1.88.